The van der Waals surface area contributed by atoms with E-state index < -0.39 is 9.84 Å². The van der Waals surface area contributed by atoms with Gasteiger partial charge in [-0.15, -0.1) is 0 Å². The molecule has 0 saturated carbocycles. The number of aromatic nitrogens is 1. The lowest BCUT2D eigenvalue weighted by atomic mass is 10.3. The van der Waals surface area contributed by atoms with Crippen LogP contribution in [-0.4, -0.2) is 42.4 Å². The summed E-state index contributed by atoms with van der Waals surface area (Å²) in [6.07, 6.45) is 0. The number of hydrogen-bond acceptors (Lipinski definition) is 6. The molecule has 6 nitrogen and oxygen atoms in total. The van der Waals surface area contributed by atoms with Gasteiger partial charge < -0.3 is 10.2 Å². The first-order valence-corrected chi connectivity index (χ1v) is 8.34. The molecule has 2 aromatic rings. The smallest absolute Gasteiger partial charge is 0.209 e. The largest absolute Gasteiger partial charge is 0.439 e. The number of nitrogen functional groups attached to an aromatic ring is 1. The van der Waals surface area contributed by atoms with E-state index in [1.807, 2.05) is 6.92 Å². The number of oxazole rings is 1. The zero-order valence-electron chi connectivity index (χ0n) is 11.2. The second kappa shape index (κ2) is 4.75. The molecule has 1 unspecified atom stereocenters. The topological polar surface area (TPSA) is 89.4 Å². The Morgan fingerprint density at radius 2 is 2.30 bits per heavy atom. The number of benzene rings is 1. The normalized spacial score (nSPS) is 23.1. The highest BCUT2D eigenvalue weighted by Crippen LogP contribution is 2.21. The molecule has 0 spiro atoms. The zero-order chi connectivity index (χ0) is 14.3. The maximum absolute atomic E-state index is 11.6. The van der Waals surface area contributed by atoms with E-state index in [9.17, 15) is 8.42 Å². The van der Waals surface area contributed by atoms with Crippen molar-refractivity contribution in [2.24, 2.45) is 0 Å². The van der Waals surface area contributed by atoms with Crippen LogP contribution < -0.4 is 5.73 Å². The van der Waals surface area contributed by atoms with E-state index in [0.29, 0.717) is 30.3 Å². The molecular formula is C13H17N3O3S. The summed E-state index contributed by atoms with van der Waals surface area (Å²) in [5.74, 6) is 0.988. The fourth-order valence-electron chi connectivity index (χ4n) is 2.50. The van der Waals surface area contributed by atoms with Crippen molar-refractivity contribution in [2.45, 2.75) is 19.5 Å². The molecule has 7 heteroatoms. The quantitative estimate of drug-likeness (QED) is 0.832. The number of nitrogens with zero attached hydrogens (tertiary/aromatic N) is 2. The fourth-order valence-corrected chi connectivity index (χ4v) is 4.13. The van der Waals surface area contributed by atoms with Gasteiger partial charge in [0.05, 0.1) is 18.1 Å². The van der Waals surface area contributed by atoms with Crippen LogP contribution in [0.5, 0.6) is 0 Å². The lowest BCUT2D eigenvalue weighted by Crippen LogP contribution is -2.46. The molecule has 0 bridgehead atoms. The van der Waals surface area contributed by atoms with E-state index in [2.05, 4.69) is 9.88 Å². The van der Waals surface area contributed by atoms with Crippen molar-refractivity contribution < 1.29 is 12.8 Å². The van der Waals surface area contributed by atoms with E-state index in [-0.39, 0.29) is 17.5 Å². The van der Waals surface area contributed by atoms with Gasteiger partial charge >= 0.3 is 0 Å². The summed E-state index contributed by atoms with van der Waals surface area (Å²) in [6, 6.07) is 5.32. The Balaban J connectivity index is 1.79. The molecule has 1 aromatic carbocycles. The Kier molecular flexibility index (Phi) is 3.18. The summed E-state index contributed by atoms with van der Waals surface area (Å²) < 4.78 is 28.8. The molecule has 1 aromatic heterocycles. The van der Waals surface area contributed by atoms with Crippen molar-refractivity contribution in [3.05, 3.63) is 24.1 Å². The minimum atomic E-state index is -2.90. The minimum absolute atomic E-state index is 0.0196. The SMILES string of the molecule is CC1CS(=O)(=O)CCN1Cc1nc2cc(N)ccc2o1. The van der Waals surface area contributed by atoms with Crippen LogP contribution in [0.15, 0.2) is 22.6 Å². The Morgan fingerprint density at radius 3 is 3.05 bits per heavy atom. The summed E-state index contributed by atoms with van der Waals surface area (Å²) in [4.78, 5) is 6.48. The highest BCUT2D eigenvalue weighted by atomic mass is 32.2. The fraction of sp³-hybridized carbons (Fsp3) is 0.462. The number of sulfone groups is 1. The Labute approximate surface area is 117 Å². The van der Waals surface area contributed by atoms with Crippen LogP contribution >= 0.6 is 0 Å². The average Bonchev–Trinajstić information content (AvgIpc) is 2.73. The maximum atomic E-state index is 11.6. The van der Waals surface area contributed by atoms with E-state index in [4.69, 9.17) is 10.2 Å². The summed E-state index contributed by atoms with van der Waals surface area (Å²) in [6.45, 7) is 2.95. The van der Waals surface area contributed by atoms with Crippen molar-refractivity contribution in [3.8, 4) is 0 Å². The molecule has 20 heavy (non-hydrogen) atoms. The van der Waals surface area contributed by atoms with Gasteiger partial charge in [-0.3, -0.25) is 4.90 Å². The van der Waals surface area contributed by atoms with Crippen molar-refractivity contribution in [3.63, 3.8) is 0 Å². The van der Waals surface area contributed by atoms with Gasteiger partial charge in [-0.2, -0.15) is 0 Å². The van der Waals surface area contributed by atoms with Crippen molar-refractivity contribution in [1.82, 2.24) is 9.88 Å². The van der Waals surface area contributed by atoms with Crippen LogP contribution in [-0.2, 0) is 16.4 Å². The molecule has 1 saturated heterocycles. The van der Waals surface area contributed by atoms with Gasteiger partial charge in [-0.25, -0.2) is 13.4 Å². The van der Waals surface area contributed by atoms with Crippen LogP contribution in [0.4, 0.5) is 5.69 Å². The molecule has 0 aliphatic carbocycles. The average molecular weight is 295 g/mol. The third kappa shape index (κ3) is 2.64. The van der Waals surface area contributed by atoms with Gasteiger partial charge in [0.2, 0.25) is 5.89 Å². The Bertz CT molecular complexity index is 738. The van der Waals surface area contributed by atoms with Crippen LogP contribution in [0.3, 0.4) is 0 Å². The Morgan fingerprint density at radius 1 is 1.50 bits per heavy atom. The summed E-state index contributed by atoms with van der Waals surface area (Å²) in [7, 11) is -2.90. The van der Waals surface area contributed by atoms with Gasteiger partial charge in [0.25, 0.3) is 0 Å². The molecule has 0 amide bonds. The van der Waals surface area contributed by atoms with E-state index >= 15 is 0 Å². The third-order valence-corrected chi connectivity index (χ3v) is 5.40. The first-order chi connectivity index (χ1) is 9.43. The summed E-state index contributed by atoms with van der Waals surface area (Å²) in [5.41, 5.74) is 7.79. The Hall–Kier alpha value is -1.60. The van der Waals surface area contributed by atoms with Gasteiger partial charge in [-0.05, 0) is 25.1 Å². The van der Waals surface area contributed by atoms with Crippen LogP contribution in [0.25, 0.3) is 11.1 Å². The standard InChI is InChI=1S/C13H17N3O3S/c1-9-8-20(17,18)5-4-16(9)7-13-15-11-6-10(14)2-3-12(11)19-13/h2-3,6,9H,4-5,7-8,14H2,1H3. The predicted octanol–water partition coefficient (Wildman–Crippen LogP) is 1.03. The summed E-state index contributed by atoms with van der Waals surface area (Å²) >= 11 is 0. The second-order valence-corrected chi connectivity index (χ2v) is 7.50. The third-order valence-electron chi connectivity index (χ3n) is 3.60. The number of rotatable bonds is 2. The minimum Gasteiger partial charge on any atom is -0.439 e. The van der Waals surface area contributed by atoms with Crippen LogP contribution in [0, 0.1) is 0 Å². The first kappa shape index (κ1) is 13.4. The molecule has 1 aliphatic heterocycles. The van der Waals surface area contributed by atoms with E-state index in [1.54, 1.807) is 18.2 Å². The number of nitrogens with two attached hydrogens (primary N) is 1. The number of fused-ring (bicyclic) bond motifs is 1. The lowest BCUT2D eigenvalue weighted by Gasteiger charge is -2.31. The van der Waals surface area contributed by atoms with Crippen molar-refractivity contribution in [2.75, 3.05) is 23.8 Å². The van der Waals surface area contributed by atoms with Crippen molar-refractivity contribution in [1.29, 1.82) is 0 Å². The van der Waals surface area contributed by atoms with Gasteiger partial charge in [0.1, 0.15) is 5.52 Å². The number of hydrogen-bond donors (Lipinski definition) is 1. The first-order valence-electron chi connectivity index (χ1n) is 6.52. The van der Waals surface area contributed by atoms with Crippen LogP contribution in [0.1, 0.15) is 12.8 Å². The number of anilines is 1. The molecule has 2 heterocycles. The van der Waals surface area contributed by atoms with Gasteiger partial charge in [0.15, 0.2) is 15.4 Å². The van der Waals surface area contributed by atoms with Crippen LogP contribution in [0.2, 0.25) is 0 Å². The summed E-state index contributed by atoms with van der Waals surface area (Å²) in [5, 5.41) is 0. The molecular weight excluding hydrogens is 278 g/mol. The lowest BCUT2D eigenvalue weighted by molar-refractivity contribution is 0.199. The van der Waals surface area contributed by atoms with Gasteiger partial charge in [0, 0.05) is 18.3 Å². The monoisotopic (exact) mass is 295 g/mol. The van der Waals surface area contributed by atoms with E-state index in [1.165, 1.54) is 0 Å². The highest BCUT2D eigenvalue weighted by Gasteiger charge is 2.28. The highest BCUT2D eigenvalue weighted by molar-refractivity contribution is 7.91. The van der Waals surface area contributed by atoms with Crippen molar-refractivity contribution >= 4 is 26.6 Å². The molecule has 3 rings (SSSR count). The molecule has 1 atom stereocenters. The second-order valence-electron chi connectivity index (χ2n) is 5.27. The molecule has 1 aliphatic rings. The predicted molar refractivity (Wildman–Crippen MR) is 76.9 cm³/mol. The molecule has 1 fully saturated rings. The van der Waals surface area contributed by atoms with E-state index in [0.717, 1.165) is 5.52 Å². The molecule has 0 radical (unpaired) electrons. The molecule has 2 N–H and O–H groups in total. The zero-order valence-corrected chi connectivity index (χ0v) is 12.1. The maximum Gasteiger partial charge on any atom is 0.209 e. The molecule has 108 valence electrons. The van der Waals surface area contributed by atoms with Gasteiger partial charge in [-0.1, -0.05) is 0 Å².